The van der Waals surface area contributed by atoms with Gasteiger partial charge in [-0.25, -0.2) is 9.78 Å². The third-order valence-corrected chi connectivity index (χ3v) is 5.47. The van der Waals surface area contributed by atoms with Gasteiger partial charge in [0.15, 0.2) is 5.69 Å². The summed E-state index contributed by atoms with van der Waals surface area (Å²) >= 11 is 1.27. The van der Waals surface area contributed by atoms with E-state index in [-0.39, 0.29) is 17.5 Å². The van der Waals surface area contributed by atoms with E-state index in [2.05, 4.69) is 10.3 Å². The maximum absolute atomic E-state index is 12.1. The van der Waals surface area contributed by atoms with Crippen LogP contribution in [-0.2, 0) is 11.3 Å². The molecule has 5 nitrogen and oxygen atoms in total. The number of nitrogens with zero attached hydrogens (tertiary/aromatic N) is 1. The second-order valence-electron chi connectivity index (χ2n) is 6.05. The molecule has 2 aliphatic rings. The van der Waals surface area contributed by atoms with Crippen LogP contribution in [0.25, 0.3) is 0 Å². The average molecular weight is 308 g/mol. The fourth-order valence-corrected chi connectivity index (χ4v) is 4.09. The van der Waals surface area contributed by atoms with E-state index < -0.39 is 5.97 Å². The molecule has 0 spiro atoms. The van der Waals surface area contributed by atoms with E-state index in [0.717, 1.165) is 12.3 Å². The van der Waals surface area contributed by atoms with Gasteiger partial charge in [0.05, 0.1) is 6.54 Å². The minimum absolute atomic E-state index is 0.0516. The van der Waals surface area contributed by atoms with Gasteiger partial charge in [0.25, 0.3) is 0 Å². The fourth-order valence-electron chi connectivity index (χ4n) is 3.38. The Morgan fingerprint density at radius 1 is 1.33 bits per heavy atom. The van der Waals surface area contributed by atoms with Crippen LogP contribution in [0.1, 0.15) is 54.0 Å². The zero-order valence-corrected chi connectivity index (χ0v) is 12.7. The molecule has 0 aliphatic heterocycles. The monoisotopic (exact) mass is 308 g/mol. The summed E-state index contributed by atoms with van der Waals surface area (Å²) in [7, 11) is 0. The molecule has 114 valence electrons. The molecule has 2 atom stereocenters. The summed E-state index contributed by atoms with van der Waals surface area (Å²) in [6.07, 6.45) is 7.55. The highest BCUT2D eigenvalue weighted by molar-refractivity contribution is 7.09. The van der Waals surface area contributed by atoms with Crippen molar-refractivity contribution in [3.8, 4) is 0 Å². The van der Waals surface area contributed by atoms with Gasteiger partial charge in [0.2, 0.25) is 5.91 Å². The van der Waals surface area contributed by atoms with Crippen molar-refractivity contribution in [1.29, 1.82) is 0 Å². The van der Waals surface area contributed by atoms with Crippen molar-refractivity contribution in [3.05, 3.63) is 16.1 Å². The standard InChI is InChI=1S/C15H20N2O3S/c18-14(11-6-10(11)9-4-2-1-3-5-9)16-7-13-17-12(8-21-13)15(19)20/h8-11H,1-7H2,(H,16,18)(H,19,20). The third kappa shape index (κ3) is 3.43. The summed E-state index contributed by atoms with van der Waals surface area (Å²) in [5.74, 6) is 0.581. The molecular formula is C15H20N2O3S. The van der Waals surface area contributed by atoms with Crippen LogP contribution in [0.4, 0.5) is 0 Å². The number of rotatable bonds is 5. The van der Waals surface area contributed by atoms with Crippen molar-refractivity contribution in [2.24, 2.45) is 17.8 Å². The van der Waals surface area contributed by atoms with Crippen molar-refractivity contribution in [3.63, 3.8) is 0 Å². The Labute approximate surface area is 127 Å². The molecule has 1 aromatic rings. The maximum atomic E-state index is 12.1. The predicted octanol–water partition coefficient (Wildman–Crippen LogP) is 2.67. The van der Waals surface area contributed by atoms with Crippen molar-refractivity contribution < 1.29 is 14.7 Å². The Morgan fingerprint density at radius 3 is 2.76 bits per heavy atom. The minimum atomic E-state index is -1.02. The lowest BCUT2D eigenvalue weighted by Gasteiger charge is -2.21. The highest BCUT2D eigenvalue weighted by Gasteiger charge is 2.47. The number of thiazole rings is 1. The van der Waals surface area contributed by atoms with Crippen LogP contribution in [0, 0.1) is 17.8 Å². The molecule has 0 radical (unpaired) electrons. The van der Waals surface area contributed by atoms with Gasteiger partial charge in [-0.3, -0.25) is 4.79 Å². The molecule has 1 aromatic heterocycles. The van der Waals surface area contributed by atoms with Crippen LogP contribution >= 0.6 is 11.3 Å². The molecule has 1 heterocycles. The van der Waals surface area contributed by atoms with Crippen LogP contribution in [0.15, 0.2) is 5.38 Å². The smallest absolute Gasteiger partial charge is 0.355 e. The molecule has 2 unspecified atom stereocenters. The average Bonchev–Trinajstić information content (AvgIpc) is 3.15. The molecule has 0 aromatic carbocycles. The molecular weight excluding hydrogens is 288 g/mol. The Kier molecular flexibility index (Phi) is 4.24. The zero-order chi connectivity index (χ0) is 14.8. The third-order valence-electron chi connectivity index (χ3n) is 4.62. The Morgan fingerprint density at radius 2 is 2.10 bits per heavy atom. The van der Waals surface area contributed by atoms with Crippen LogP contribution in [0.2, 0.25) is 0 Å². The van der Waals surface area contributed by atoms with Crippen molar-refractivity contribution in [2.75, 3.05) is 0 Å². The summed E-state index contributed by atoms with van der Waals surface area (Å²) in [5, 5.41) is 13.9. The molecule has 2 N–H and O–H groups in total. The van der Waals surface area contributed by atoms with Gasteiger partial charge in [0.1, 0.15) is 5.01 Å². The SMILES string of the molecule is O=C(O)c1csc(CNC(=O)C2CC2C2CCCCC2)n1. The number of carbonyl (C=O) groups is 2. The van der Waals surface area contributed by atoms with E-state index in [9.17, 15) is 9.59 Å². The van der Waals surface area contributed by atoms with Crippen molar-refractivity contribution in [1.82, 2.24) is 10.3 Å². The van der Waals surface area contributed by atoms with Gasteiger partial charge >= 0.3 is 5.97 Å². The highest BCUT2D eigenvalue weighted by Crippen LogP contribution is 2.49. The quantitative estimate of drug-likeness (QED) is 0.876. The summed E-state index contributed by atoms with van der Waals surface area (Å²) in [4.78, 5) is 26.8. The fraction of sp³-hybridized carbons (Fsp3) is 0.667. The lowest BCUT2D eigenvalue weighted by molar-refractivity contribution is -0.123. The number of carboxylic acid groups (broad SMARTS) is 1. The number of aromatic carboxylic acids is 1. The first-order valence-corrected chi connectivity index (χ1v) is 8.48. The first-order chi connectivity index (χ1) is 10.1. The van der Waals surface area contributed by atoms with E-state index in [4.69, 9.17) is 5.11 Å². The van der Waals surface area contributed by atoms with Gasteiger partial charge in [-0.1, -0.05) is 32.1 Å². The second-order valence-corrected chi connectivity index (χ2v) is 7.00. The Balaban J connectivity index is 1.45. The van der Waals surface area contributed by atoms with Crippen LogP contribution in [0.3, 0.4) is 0 Å². The number of hydrogen-bond acceptors (Lipinski definition) is 4. The topological polar surface area (TPSA) is 79.3 Å². The van der Waals surface area contributed by atoms with Crippen LogP contribution in [-0.4, -0.2) is 22.0 Å². The van der Waals surface area contributed by atoms with E-state index in [1.807, 2.05) is 0 Å². The summed E-state index contributed by atoms with van der Waals surface area (Å²) in [6, 6.07) is 0. The van der Waals surface area contributed by atoms with Gasteiger partial charge in [-0.15, -0.1) is 11.3 Å². The minimum Gasteiger partial charge on any atom is -0.476 e. The summed E-state index contributed by atoms with van der Waals surface area (Å²) in [6.45, 7) is 0.338. The first kappa shape index (κ1) is 14.5. The lowest BCUT2D eigenvalue weighted by atomic mass is 9.85. The Hall–Kier alpha value is -1.43. The Bertz CT molecular complexity index is 537. The molecule has 3 rings (SSSR count). The van der Waals surface area contributed by atoms with Gasteiger partial charge in [-0.05, 0) is 18.3 Å². The predicted molar refractivity (Wildman–Crippen MR) is 79.1 cm³/mol. The second kappa shape index (κ2) is 6.13. The lowest BCUT2D eigenvalue weighted by Crippen LogP contribution is -2.26. The number of carbonyl (C=O) groups excluding carboxylic acids is 1. The molecule has 0 bridgehead atoms. The van der Waals surface area contributed by atoms with Crippen molar-refractivity contribution in [2.45, 2.75) is 45.1 Å². The molecule has 2 saturated carbocycles. The zero-order valence-electron chi connectivity index (χ0n) is 11.9. The van der Waals surface area contributed by atoms with E-state index in [1.165, 1.54) is 48.8 Å². The van der Waals surface area contributed by atoms with Gasteiger partial charge in [0, 0.05) is 11.3 Å². The molecule has 1 amide bonds. The molecule has 2 fully saturated rings. The van der Waals surface area contributed by atoms with Crippen molar-refractivity contribution >= 4 is 23.2 Å². The molecule has 0 saturated heterocycles. The number of hydrogen-bond donors (Lipinski definition) is 2. The van der Waals surface area contributed by atoms with E-state index >= 15 is 0 Å². The van der Waals surface area contributed by atoms with Crippen LogP contribution < -0.4 is 5.32 Å². The van der Waals surface area contributed by atoms with Crippen LogP contribution in [0.5, 0.6) is 0 Å². The molecule has 6 heteroatoms. The first-order valence-electron chi connectivity index (χ1n) is 7.60. The number of carboxylic acids is 1. The molecule has 2 aliphatic carbocycles. The van der Waals surface area contributed by atoms with E-state index in [0.29, 0.717) is 17.5 Å². The maximum Gasteiger partial charge on any atom is 0.355 e. The van der Waals surface area contributed by atoms with Gasteiger partial charge in [-0.2, -0.15) is 0 Å². The van der Waals surface area contributed by atoms with E-state index in [1.54, 1.807) is 0 Å². The highest BCUT2D eigenvalue weighted by atomic mass is 32.1. The normalized spacial score (nSPS) is 25.5. The number of aromatic nitrogens is 1. The number of amides is 1. The number of nitrogens with one attached hydrogen (secondary N) is 1. The van der Waals surface area contributed by atoms with Gasteiger partial charge < -0.3 is 10.4 Å². The molecule has 21 heavy (non-hydrogen) atoms. The largest absolute Gasteiger partial charge is 0.476 e. The summed E-state index contributed by atoms with van der Waals surface area (Å²) in [5.41, 5.74) is 0.0516. The summed E-state index contributed by atoms with van der Waals surface area (Å²) < 4.78 is 0.